The maximum atomic E-state index is 12.5. The molecule has 2 N–H and O–H groups in total. The molecule has 0 aromatic heterocycles. The third-order valence-electron chi connectivity index (χ3n) is 4.11. The van der Waals surface area contributed by atoms with Crippen LogP contribution in [-0.2, 0) is 9.59 Å². The molecule has 28 heavy (non-hydrogen) atoms. The standard InChI is InChI=1S/C21H24N2O4S/c1-3-4-20(24)22-15-5-8-17(9-6-15)28-14(2)21(25)23-16-7-10-18-19(13-16)27-12-11-26-18/h5-10,13-14H,3-4,11-12H2,1-2H3,(H,22,24)(H,23,25). The van der Waals surface area contributed by atoms with Crippen molar-refractivity contribution in [3.8, 4) is 11.5 Å². The lowest BCUT2D eigenvalue weighted by Gasteiger charge is -2.19. The van der Waals surface area contributed by atoms with Crippen LogP contribution in [0.15, 0.2) is 47.4 Å². The zero-order valence-corrected chi connectivity index (χ0v) is 16.8. The molecule has 0 spiro atoms. The number of nitrogens with one attached hydrogen (secondary N) is 2. The summed E-state index contributed by atoms with van der Waals surface area (Å²) in [5.41, 5.74) is 1.44. The van der Waals surface area contributed by atoms with Gasteiger partial charge in [0.25, 0.3) is 0 Å². The summed E-state index contributed by atoms with van der Waals surface area (Å²) in [5.74, 6) is 1.25. The Morgan fingerprint density at radius 1 is 1.00 bits per heavy atom. The first-order valence-electron chi connectivity index (χ1n) is 9.32. The van der Waals surface area contributed by atoms with Crippen molar-refractivity contribution in [2.75, 3.05) is 23.8 Å². The Hall–Kier alpha value is -2.67. The van der Waals surface area contributed by atoms with Crippen molar-refractivity contribution < 1.29 is 19.1 Å². The van der Waals surface area contributed by atoms with Gasteiger partial charge in [-0.15, -0.1) is 11.8 Å². The maximum Gasteiger partial charge on any atom is 0.237 e. The number of ether oxygens (including phenoxy) is 2. The highest BCUT2D eigenvalue weighted by Crippen LogP contribution is 2.33. The summed E-state index contributed by atoms with van der Waals surface area (Å²) in [6, 6.07) is 12.9. The predicted molar refractivity (Wildman–Crippen MR) is 111 cm³/mol. The average Bonchev–Trinajstić information content (AvgIpc) is 2.69. The Morgan fingerprint density at radius 2 is 1.68 bits per heavy atom. The summed E-state index contributed by atoms with van der Waals surface area (Å²) < 4.78 is 11.0. The van der Waals surface area contributed by atoms with Crippen molar-refractivity contribution in [3.63, 3.8) is 0 Å². The highest BCUT2D eigenvalue weighted by atomic mass is 32.2. The minimum absolute atomic E-state index is 0.00933. The van der Waals surface area contributed by atoms with Gasteiger partial charge in [0.2, 0.25) is 11.8 Å². The molecule has 2 aromatic rings. The van der Waals surface area contributed by atoms with Crippen molar-refractivity contribution in [1.82, 2.24) is 0 Å². The Balaban J connectivity index is 1.54. The molecule has 148 valence electrons. The highest BCUT2D eigenvalue weighted by molar-refractivity contribution is 8.00. The van der Waals surface area contributed by atoms with Gasteiger partial charge in [0.1, 0.15) is 13.2 Å². The lowest BCUT2D eigenvalue weighted by molar-refractivity contribution is -0.116. The normalized spacial score (nSPS) is 13.5. The molecule has 7 heteroatoms. The number of carbonyl (C=O) groups excluding carboxylic acids is 2. The molecule has 2 amide bonds. The molecule has 0 radical (unpaired) electrons. The molecule has 1 atom stereocenters. The van der Waals surface area contributed by atoms with E-state index in [1.54, 1.807) is 18.2 Å². The van der Waals surface area contributed by atoms with Gasteiger partial charge in [-0.05, 0) is 49.7 Å². The van der Waals surface area contributed by atoms with Gasteiger partial charge in [-0.25, -0.2) is 0 Å². The van der Waals surface area contributed by atoms with Gasteiger partial charge >= 0.3 is 0 Å². The van der Waals surface area contributed by atoms with Gasteiger partial charge < -0.3 is 20.1 Å². The van der Waals surface area contributed by atoms with Crippen LogP contribution in [0.5, 0.6) is 11.5 Å². The van der Waals surface area contributed by atoms with Gasteiger partial charge in [-0.2, -0.15) is 0 Å². The molecule has 6 nitrogen and oxygen atoms in total. The van der Waals surface area contributed by atoms with Gasteiger partial charge in [0.05, 0.1) is 5.25 Å². The van der Waals surface area contributed by atoms with E-state index in [1.807, 2.05) is 38.1 Å². The molecule has 1 aliphatic heterocycles. The van der Waals surface area contributed by atoms with E-state index in [9.17, 15) is 9.59 Å². The largest absolute Gasteiger partial charge is 0.486 e. The Morgan fingerprint density at radius 3 is 2.39 bits per heavy atom. The van der Waals surface area contributed by atoms with Crippen LogP contribution in [0.4, 0.5) is 11.4 Å². The summed E-state index contributed by atoms with van der Waals surface area (Å²) in [6.45, 7) is 4.87. The fourth-order valence-electron chi connectivity index (χ4n) is 2.69. The fraction of sp³-hybridized carbons (Fsp3) is 0.333. The lowest BCUT2D eigenvalue weighted by Crippen LogP contribution is -2.22. The summed E-state index contributed by atoms with van der Waals surface area (Å²) in [5, 5.41) is 5.48. The van der Waals surface area contributed by atoms with E-state index in [4.69, 9.17) is 9.47 Å². The third-order valence-corrected chi connectivity index (χ3v) is 5.22. The van der Waals surface area contributed by atoms with Crippen LogP contribution in [0, 0.1) is 0 Å². The molecular formula is C21H24N2O4S. The van der Waals surface area contributed by atoms with Crippen LogP contribution in [0.25, 0.3) is 0 Å². The van der Waals surface area contributed by atoms with Crippen LogP contribution in [-0.4, -0.2) is 30.3 Å². The monoisotopic (exact) mass is 400 g/mol. The number of hydrogen-bond acceptors (Lipinski definition) is 5. The van der Waals surface area contributed by atoms with Gasteiger partial charge in [-0.1, -0.05) is 6.92 Å². The molecule has 0 saturated carbocycles. The number of thioether (sulfide) groups is 1. The Bertz CT molecular complexity index is 839. The molecule has 1 unspecified atom stereocenters. The first kappa shape index (κ1) is 20.1. The van der Waals surface area contributed by atoms with Crippen molar-refractivity contribution >= 4 is 35.0 Å². The van der Waals surface area contributed by atoms with E-state index in [0.29, 0.717) is 36.8 Å². The molecule has 1 heterocycles. The second-order valence-electron chi connectivity index (χ2n) is 6.43. The number of rotatable bonds is 7. The quantitative estimate of drug-likeness (QED) is 0.677. The van der Waals surface area contributed by atoms with E-state index >= 15 is 0 Å². The van der Waals surface area contributed by atoms with E-state index in [-0.39, 0.29) is 17.1 Å². The molecule has 2 aromatic carbocycles. The van der Waals surface area contributed by atoms with E-state index in [2.05, 4.69) is 10.6 Å². The zero-order chi connectivity index (χ0) is 19.9. The smallest absolute Gasteiger partial charge is 0.237 e. The summed E-state index contributed by atoms with van der Waals surface area (Å²) >= 11 is 1.46. The zero-order valence-electron chi connectivity index (χ0n) is 16.0. The first-order chi connectivity index (χ1) is 13.5. The number of fused-ring (bicyclic) bond motifs is 1. The summed E-state index contributed by atoms with van der Waals surface area (Å²) in [4.78, 5) is 25.1. The minimum Gasteiger partial charge on any atom is -0.486 e. The average molecular weight is 401 g/mol. The third kappa shape index (κ3) is 5.42. The topological polar surface area (TPSA) is 76.7 Å². The number of amides is 2. The van der Waals surface area contributed by atoms with Crippen LogP contribution >= 0.6 is 11.8 Å². The van der Waals surface area contributed by atoms with E-state index in [0.717, 1.165) is 17.0 Å². The van der Waals surface area contributed by atoms with Gasteiger partial charge in [0, 0.05) is 28.8 Å². The Kier molecular flexibility index (Phi) is 6.81. The van der Waals surface area contributed by atoms with E-state index < -0.39 is 0 Å². The van der Waals surface area contributed by atoms with E-state index in [1.165, 1.54) is 11.8 Å². The fourth-order valence-corrected chi connectivity index (χ4v) is 3.56. The SMILES string of the molecule is CCCC(=O)Nc1ccc(SC(C)C(=O)Nc2ccc3c(c2)OCCO3)cc1. The van der Waals surface area contributed by atoms with Crippen molar-refractivity contribution in [2.45, 2.75) is 36.8 Å². The van der Waals surface area contributed by atoms with Crippen LogP contribution in [0.1, 0.15) is 26.7 Å². The van der Waals surface area contributed by atoms with Gasteiger partial charge in [-0.3, -0.25) is 9.59 Å². The first-order valence-corrected chi connectivity index (χ1v) is 10.2. The van der Waals surface area contributed by atoms with Crippen LogP contribution < -0.4 is 20.1 Å². The van der Waals surface area contributed by atoms with Crippen molar-refractivity contribution in [2.24, 2.45) is 0 Å². The highest BCUT2D eigenvalue weighted by Gasteiger charge is 2.17. The minimum atomic E-state index is -0.284. The molecule has 0 bridgehead atoms. The Labute approximate surface area is 169 Å². The molecule has 1 aliphatic rings. The number of carbonyl (C=O) groups is 2. The summed E-state index contributed by atoms with van der Waals surface area (Å²) in [6.07, 6.45) is 1.32. The molecule has 0 aliphatic carbocycles. The van der Waals surface area contributed by atoms with Crippen LogP contribution in [0.3, 0.4) is 0 Å². The molecule has 0 saturated heterocycles. The second-order valence-corrected chi connectivity index (χ2v) is 7.84. The lowest BCUT2D eigenvalue weighted by atomic mass is 10.2. The molecular weight excluding hydrogens is 376 g/mol. The summed E-state index contributed by atoms with van der Waals surface area (Å²) in [7, 11) is 0. The second kappa shape index (κ2) is 9.50. The maximum absolute atomic E-state index is 12.5. The predicted octanol–water partition coefficient (Wildman–Crippen LogP) is 4.32. The number of hydrogen-bond donors (Lipinski definition) is 2. The number of benzene rings is 2. The molecule has 3 rings (SSSR count). The molecule has 0 fully saturated rings. The van der Waals surface area contributed by atoms with Crippen LogP contribution in [0.2, 0.25) is 0 Å². The van der Waals surface area contributed by atoms with Crippen molar-refractivity contribution in [1.29, 1.82) is 0 Å². The number of anilines is 2. The van der Waals surface area contributed by atoms with Crippen molar-refractivity contribution in [3.05, 3.63) is 42.5 Å². The van der Waals surface area contributed by atoms with Gasteiger partial charge in [0.15, 0.2) is 11.5 Å².